The molecular formula is C12H15NO5S. The van der Waals surface area contributed by atoms with Crippen LogP contribution in [0, 0.1) is 0 Å². The molecule has 0 heterocycles. The zero-order valence-corrected chi connectivity index (χ0v) is 11.7. The summed E-state index contributed by atoms with van der Waals surface area (Å²) in [5.41, 5.74) is 0.401. The van der Waals surface area contributed by atoms with Crippen LogP contribution in [0.1, 0.15) is 24.2 Å². The number of Topliss-reactive ketones (excluding diaryl/α,β-unsaturated/α-hetero) is 1. The van der Waals surface area contributed by atoms with Crippen LogP contribution in [-0.4, -0.2) is 38.3 Å². The number of benzene rings is 1. The summed E-state index contributed by atoms with van der Waals surface area (Å²) in [5, 5.41) is 0. The molecule has 104 valence electrons. The first-order valence-electron chi connectivity index (χ1n) is 5.57. The lowest BCUT2D eigenvalue weighted by Crippen LogP contribution is -2.33. The van der Waals surface area contributed by atoms with Crippen LogP contribution >= 0.6 is 0 Å². The molecular weight excluding hydrogens is 270 g/mol. The second-order valence-electron chi connectivity index (χ2n) is 3.75. The largest absolute Gasteiger partial charge is 0.449 e. The van der Waals surface area contributed by atoms with Crippen molar-refractivity contribution >= 4 is 21.9 Å². The molecule has 0 aromatic heterocycles. The summed E-state index contributed by atoms with van der Waals surface area (Å²) in [7, 11) is -2.84. The molecule has 0 radical (unpaired) electrons. The van der Waals surface area contributed by atoms with Gasteiger partial charge in [-0.3, -0.25) is 4.79 Å². The van der Waals surface area contributed by atoms with Crippen LogP contribution in [-0.2, 0) is 14.8 Å². The van der Waals surface area contributed by atoms with E-state index in [1.165, 1.54) is 31.2 Å². The summed E-state index contributed by atoms with van der Waals surface area (Å²) < 4.78 is 29.3. The number of ketones is 1. The third-order valence-corrected chi connectivity index (χ3v) is 4.18. The first-order valence-corrected chi connectivity index (χ1v) is 7.01. The van der Waals surface area contributed by atoms with E-state index < -0.39 is 16.1 Å². The lowest BCUT2D eigenvalue weighted by atomic mass is 10.2. The summed E-state index contributed by atoms with van der Waals surface area (Å²) in [4.78, 5) is 22.4. The molecule has 1 aromatic carbocycles. The van der Waals surface area contributed by atoms with E-state index in [0.717, 1.165) is 7.05 Å². The van der Waals surface area contributed by atoms with Gasteiger partial charge in [0.25, 0.3) is 10.0 Å². The summed E-state index contributed by atoms with van der Waals surface area (Å²) in [6.45, 7) is 3.05. The fourth-order valence-corrected chi connectivity index (χ4v) is 2.38. The summed E-state index contributed by atoms with van der Waals surface area (Å²) in [5.74, 6) is -0.164. The van der Waals surface area contributed by atoms with E-state index in [2.05, 4.69) is 4.74 Å². The zero-order chi connectivity index (χ0) is 14.6. The topological polar surface area (TPSA) is 80.8 Å². The van der Waals surface area contributed by atoms with Crippen molar-refractivity contribution in [3.8, 4) is 0 Å². The molecule has 0 unspecified atom stereocenters. The van der Waals surface area contributed by atoms with Gasteiger partial charge in [-0.2, -0.15) is 0 Å². The van der Waals surface area contributed by atoms with Gasteiger partial charge < -0.3 is 4.74 Å². The van der Waals surface area contributed by atoms with Crippen molar-refractivity contribution in [1.29, 1.82) is 0 Å². The normalized spacial score (nSPS) is 10.9. The Morgan fingerprint density at radius 2 is 1.74 bits per heavy atom. The lowest BCUT2D eigenvalue weighted by Gasteiger charge is -2.16. The van der Waals surface area contributed by atoms with E-state index in [4.69, 9.17) is 0 Å². The standard InChI is InChI=1S/C12H15NO5S/c1-4-18-12(15)13(3)19(16,17)11-7-5-10(6-8-11)9(2)14/h5-8H,4H2,1-3H3. The maximum Gasteiger partial charge on any atom is 0.423 e. The Labute approximate surface area is 112 Å². The molecule has 1 rings (SSSR count). The number of amides is 1. The molecule has 0 fully saturated rings. The van der Waals surface area contributed by atoms with Crippen LogP contribution in [0.15, 0.2) is 29.2 Å². The maximum atomic E-state index is 12.1. The highest BCUT2D eigenvalue weighted by Gasteiger charge is 2.26. The van der Waals surface area contributed by atoms with E-state index in [-0.39, 0.29) is 17.3 Å². The molecule has 0 atom stereocenters. The number of hydrogen-bond donors (Lipinski definition) is 0. The van der Waals surface area contributed by atoms with Crippen LogP contribution in [0.3, 0.4) is 0 Å². The highest BCUT2D eigenvalue weighted by molar-refractivity contribution is 7.89. The molecule has 0 aliphatic carbocycles. The van der Waals surface area contributed by atoms with Crippen molar-refractivity contribution in [3.05, 3.63) is 29.8 Å². The monoisotopic (exact) mass is 285 g/mol. The SMILES string of the molecule is CCOC(=O)N(C)S(=O)(=O)c1ccc(C(C)=O)cc1. The van der Waals surface area contributed by atoms with E-state index >= 15 is 0 Å². The van der Waals surface area contributed by atoms with E-state index in [0.29, 0.717) is 9.87 Å². The predicted molar refractivity (Wildman–Crippen MR) is 68.4 cm³/mol. The average Bonchev–Trinajstić information content (AvgIpc) is 2.38. The van der Waals surface area contributed by atoms with Gasteiger partial charge in [-0.15, -0.1) is 0 Å². The molecule has 1 amide bonds. The molecule has 7 heteroatoms. The average molecular weight is 285 g/mol. The van der Waals surface area contributed by atoms with Gasteiger partial charge in [-0.1, -0.05) is 12.1 Å². The predicted octanol–water partition coefficient (Wildman–Crippen LogP) is 1.67. The molecule has 0 spiro atoms. The first kappa shape index (κ1) is 15.2. The Bertz CT molecular complexity index is 577. The van der Waals surface area contributed by atoms with Crippen molar-refractivity contribution in [3.63, 3.8) is 0 Å². The molecule has 19 heavy (non-hydrogen) atoms. The Balaban J connectivity index is 3.06. The number of nitrogens with zero attached hydrogens (tertiary/aromatic N) is 1. The van der Waals surface area contributed by atoms with Gasteiger partial charge >= 0.3 is 6.09 Å². The van der Waals surface area contributed by atoms with Crippen LogP contribution < -0.4 is 0 Å². The molecule has 0 aliphatic heterocycles. The minimum atomic E-state index is -3.96. The molecule has 0 aliphatic rings. The third kappa shape index (κ3) is 3.31. The fourth-order valence-electron chi connectivity index (χ4n) is 1.33. The van der Waals surface area contributed by atoms with Crippen molar-refractivity contribution < 1.29 is 22.7 Å². The maximum absolute atomic E-state index is 12.1. The minimum absolute atomic E-state index is 0.0759. The van der Waals surface area contributed by atoms with E-state index in [9.17, 15) is 18.0 Å². The zero-order valence-electron chi connectivity index (χ0n) is 10.9. The highest BCUT2D eigenvalue weighted by Crippen LogP contribution is 2.16. The van der Waals surface area contributed by atoms with Crippen molar-refractivity contribution in [2.45, 2.75) is 18.7 Å². The smallest absolute Gasteiger partial charge is 0.423 e. The Kier molecular flexibility index (Phi) is 4.66. The number of ether oxygens (including phenoxy) is 1. The Morgan fingerprint density at radius 1 is 1.21 bits per heavy atom. The minimum Gasteiger partial charge on any atom is -0.449 e. The van der Waals surface area contributed by atoms with Gasteiger partial charge in [0, 0.05) is 12.6 Å². The number of sulfonamides is 1. The first-order chi connectivity index (χ1) is 8.80. The lowest BCUT2D eigenvalue weighted by molar-refractivity contribution is 0.101. The molecule has 0 bridgehead atoms. The van der Waals surface area contributed by atoms with E-state index in [1.54, 1.807) is 6.92 Å². The van der Waals surface area contributed by atoms with Crippen molar-refractivity contribution in [1.82, 2.24) is 4.31 Å². The molecule has 0 saturated carbocycles. The molecule has 0 saturated heterocycles. The number of carbonyl (C=O) groups excluding carboxylic acids is 2. The number of hydrogen-bond acceptors (Lipinski definition) is 5. The summed E-state index contributed by atoms with van der Waals surface area (Å²) >= 11 is 0. The quantitative estimate of drug-likeness (QED) is 0.786. The van der Waals surface area contributed by atoms with Gasteiger partial charge in [-0.05, 0) is 26.0 Å². The van der Waals surface area contributed by atoms with Gasteiger partial charge in [0.05, 0.1) is 11.5 Å². The van der Waals surface area contributed by atoms with Gasteiger partial charge in [0.1, 0.15) is 0 Å². The second-order valence-corrected chi connectivity index (χ2v) is 5.72. The number of carbonyl (C=O) groups is 2. The molecule has 1 aromatic rings. The van der Waals surface area contributed by atoms with Crippen LogP contribution in [0.5, 0.6) is 0 Å². The van der Waals surface area contributed by atoms with Crippen LogP contribution in [0.25, 0.3) is 0 Å². The van der Waals surface area contributed by atoms with Crippen LogP contribution in [0.4, 0.5) is 4.79 Å². The van der Waals surface area contributed by atoms with Gasteiger partial charge in [-0.25, -0.2) is 17.5 Å². The van der Waals surface area contributed by atoms with Crippen molar-refractivity contribution in [2.24, 2.45) is 0 Å². The Morgan fingerprint density at radius 3 is 2.16 bits per heavy atom. The summed E-state index contributed by atoms with van der Waals surface area (Å²) in [6.07, 6.45) is -0.946. The van der Waals surface area contributed by atoms with Crippen molar-refractivity contribution in [2.75, 3.05) is 13.7 Å². The Hall–Kier alpha value is -1.89. The second kappa shape index (κ2) is 5.83. The van der Waals surface area contributed by atoms with Crippen LogP contribution in [0.2, 0.25) is 0 Å². The molecule has 6 nitrogen and oxygen atoms in total. The molecule has 0 N–H and O–H groups in total. The third-order valence-electron chi connectivity index (χ3n) is 2.44. The summed E-state index contributed by atoms with van der Waals surface area (Å²) in [6, 6.07) is 5.35. The number of rotatable bonds is 4. The van der Waals surface area contributed by atoms with E-state index in [1.807, 2.05) is 0 Å². The highest BCUT2D eigenvalue weighted by atomic mass is 32.2. The fraction of sp³-hybridized carbons (Fsp3) is 0.333. The van der Waals surface area contributed by atoms with Gasteiger partial charge in [0.15, 0.2) is 5.78 Å². The van der Waals surface area contributed by atoms with Gasteiger partial charge in [0.2, 0.25) is 0 Å².